The van der Waals surface area contributed by atoms with Gasteiger partial charge >= 0.3 is 0 Å². The zero-order valence-corrected chi connectivity index (χ0v) is 16.8. The number of aromatic amines is 1. The number of aromatic nitrogens is 6. The Labute approximate surface area is 168 Å². The number of hydrogen-bond acceptors (Lipinski definition) is 5. The van der Waals surface area contributed by atoms with Crippen molar-refractivity contribution in [3.8, 4) is 0 Å². The van der Waals surface area contributed by atoms with Crippen molar-refractivity contribution in [1.29, 1.82) is 0 Å². The number of imidazole rings is 1. The summed E-state index contributed by atoms with van der Waals surface area (Å²) in [7, 11) is 0. The molecule has 1 amide bonds. The fourth-order valence-electron chi connectivity index (χ4n) is 4.15. The molecule has 0 bridgehead atoms. The lowest BCUT2D eigenvalue weighted by atomic mass is 10.1. The minimum atomic E-state index is -0.0860. The predicted octanol–water partition coefficient (Wildman–Crippen LogP) is 3.41. The van der Waals surface area contributed by atoms with Gasteiger partial charge in [-0.1, -0.05) is 26.0 Å². The first kappa shape index (κ1) is 17.8. The van der Waals surface area contributed by atoms with Gasteiger partial charge in [0, 0.05) is 6.54 Å². The van der Waals surface area contributed by atoms with E-state index in [1.54, 1.807) is 4.52 Å². The number of rotatable bonds is 3. The number of benzene rings is 1. The molecule has 0 radical (unpaired) electrons. The largest absolute Gasteiger partial charge is 0.340 e. The van der Waals surface area contributed by atoms with E-state index in [4.69, 9.17) is 4.98 Å². The molecule has 29 heavy (non-hydrogen) atoms. The van der Waals surface area contributed by atoms with Crippen LogP contribution in [-0.4, -0.2) is 46.9 Å². The van der Waals surface area contributed by atoms with Gasteiger partial charge in [0.15, 0.2) is 0 Å². The molecule has 1 fully saturated rings. The van der Waals surface area contributed by atoms with E-state index in [-0.39, 0.29) is 17.9 Å². The second-order valence-corrected chi connectivity index (χ2v) is 7.94. The van der Waals surface area contributed by atoms with Crippen molar-refractivity contribution < 1.29 is 4.79 Å². The first-order valence-corrected chi connectivity index (χ1v) is 10.00. The van der Waals surface area contributed by atoms with Crippen LogP contribution in [0.1, 0.15) is 66.2 Å². The standard InChI is InChI=1S/C21H23N7O/c1-12(2)17-10-15(25-21-22-11-23-28(17)21)20(29)27-9-5-8-16(27)19-24-14-7-4-6-13(3)18(14)26-19/h4,6-7,10-12,16H,5,8-9H2,1-3H3,(H,24,26)/t16-/m0/s1. The van der Waals surface area contributed by atoms with Crippen LogP contribution in [0.25, 0.3) is 16.8 Å². The van der Waals surface area contributed by atoms with Crippen molar-refractivity contribution in [2.75, 3.05) is 6.54 Å². The van der Waals surface area contributed by atoms with Crippen LogP contribution in [-0.2, 0) is 0 Å². The van der Waals surface area contributed by atoms with E-state index in [0.29, 0.717) is 18.0 Å². The lowest BCUT2D eigenvalue weighted by Gasteiger charge is -2.23. The number of nitrogens with zero attached hydrogens (tertiary/aromatic N) is 6. The van der Waals surface area contributed by atoms with Gasteiger partial charge in [0.25, 0.3) is 11.7 Å². The Bertz CT molecular complexity index is 1220. The fourth-order valence-corrected chi connectivity index (χ4v) is 4.15. The van der Waals surface area contributed by atoms with Crippen molar-refractivity contribution >= 4 is 22.7 Å². The zero-order chi connectivity index (χ0) is 20.1. The summed E-state index contributed by atoms with van der Waals surface area (Å²) in [4.78, 5) is 32.2. The average molecular weight is 389 g/mol. The summed E-state index contributed by atoms with van der Waals surface area (Å²) in [5, 5.41) is 4.24. The molecule has 0 spiro atoms. The summed E-state index contributed by atoms with van der Waals surface area (Å²) in [6.45, 7) is 6.88. The Morgan fingerprint density at radius 2 is 2.14 bits per heavy atom. The monoisotopic (exact) mass is 389 g/mol. The Hall–Kier alpha value is -3.29. The number of likely N-dealkylation sites (tertiary alicyclic amines) is 1. The third-order valence-corrected chi connectivity index (χ3v) is 5.65. The van der Waals surface area contributed by atoms with Crippen molar-refractivity contribution in [3.63, 3.8) is 0 Å². The first-order valence-electron chi connectivity index (χ1n) is 10.00. The highest BCUT2D eigenvalue weighted by Crippen LogP contribution is 2.33. The van der Waals surface area contributed by atoms with E-state index >= 15 is 0 Å². The molecule has 5 rings (SSSR count). The van der Waals surface area contributed by atoms with E-state index in [1.807, 2.05) is 23.1 Å². The molecule has 1 aliphatic heterocycles. The van der Waals surface area contributed by atoms with E-state index < -0.39 is 0 Å². The number of nitrogens with one attached hydrogen (secondary N) is 1. The number of hydrogen-bond donors (Lipinski definition) is 1. The maximum atomic E-state index is 13.4. The molecule has 148 valence electrons. The number of fused-ring (bicyclic) bond motifs is 2. The summed E-state index contributed by atoms with van der Waals surface area (Å²) in [6.07, 6.45) is 3.29. The molecule has 0 unspecified atom stereocenters. The number of carbonyl (C=O) groups excluding carboxylic acids is 1. The minimum Gasteiger partial charge on any atom is -0.340 e. The van der Waals surface area contributed by atoms with Crippen LogP contribution in [0.2, 0.25) is 0 Å². The molecule has 0 aliphatic carbocycles. The van der Waals surface area contributed by atoms with E-state index in [0.717, 1.165) is 41.0 Å². The Kier molecular flexibility index (Phi) is 4.08. The Morgan fingerprint density at radius 1 is 1.28 bits per heavy atom. The van der Waals surface area contributed by atoms with Crippen LogP contribution < -0.4 is 0 Å². The second kappa shape index (κ2) is 6.65. The van der Waals surface area contributed by atoms with Gasteiger partial charge in [0.1, 0.15) is 17.8 Å². The predicted molar refractivity (Wildman–Crippen MR) is 109 cm³/mol. The Balaban J connectivity index is 1.53. The van der Waals surface area contributed by atoms with Gasteiger partial charge in [0.05, 0.1) is 22.8 Å². The number of carbonyl (C=O) groups is 1. The molecule has 0 saturated carbocycles. The molecule has 1 saturated heterocycles. The molecule has 8 heteroatoms. The van der Waals surface area contributed by atoms with Gasteiger partial charge in [0.2, 0.25) is 0 Å². The summed E-state index contributed by atoms with van der Waals surface area (Å²) in [5.41, 5.74) is 4.43. The van der Waals surface area contributed by atoms with Gasteiger partial charge in [-0.3, -0.25) is 4.79 Å². The van der Waals surface area contributed by atoms with Gasteiger partial charge in [-0.25, -0.2) is 14.5 Å². The first-order chi connectivity index (χ1) is 14.0. The van der Waals surface area contributed by atoms with Crippen LogP contribution in [0.5, 0.6) is 0 Å². The molecular weight excluding hydrogens is 366 g/mol. The smallest absolute Gasteiger partial charge is 0.273 e. The molecule has 1 aliphatic rings. The SMILES string of the molecule is Cc1cccc2[nH]c([C@@H]3CCCN3C(=O)c3cc(C(C)C)n4ncnc4n3)nc12. The number of H-pyrrole nitrogens is 1. The molecule has 1 aromatic carbocycles. The van der Waals surface area contributed by atoms with Gasteiger partial charge < -0.3 is 9.88 Å². The lowest BCUT2D eigenvalue weighted by Crippen LogP contribution is -2.32. The molecule has 4 heterocycles. The van der Waals surface area contributed by atoms with Crippen LogP contribution in [0, 0.1) is 6.92 Å². The zero-order valence-electron chi connectivity index (χ0n) is 16.8. The van der Waals surface area contributed by atoms with Gasteiger partial charge in [-0.05, 0) is 43.4 Å². The minimum absolute atomic E-state index is 0.0762. The highest BCUT2D eigenvalue weighted by molar-refractivity contribution is 5.93. The Morgan fingerprint density at radius 3 is 2.93 bits per heavy atom. The summed E-state index contributed by atoms with van der Waals surface area (Å²) < 4.78 is 1.70. The summed E-state index contributed by atoms with van der Waals surface area (Å²) in [6, 6.07) is 7.85. The number of amides is 1. The van der Waals surface area contributed by atoms with E-state index in [1.165, 1.54) is 6.33 Å². The van der Waals surface area contributed by atoms with Crippen LogP contribution in [0.15, 0.2) is 30.6 Å². The molecule has 1 atom stereocenters. The highest BCUT2D eigenvalue weighted by atomic mass is 16.2. The maximum absolute atomic E-state index is 13.4. The molecule has 8 nitrogen and oxygen atoms in total. The topological polar surface area (TPSA) is 92.1 Å². The number of para-hydroxylation sites is 1. The number of aryl methyl sites for hydroxylation is 1. The van der Waals surface area contributed by atoms with Crippen LogP contribution in [0.3, 0.4) is 0 Å². The summed E-state index contributed by atoms with van der Waals surface area (Å²) >= 11 is 0. The van der Waals surface area contributed by atoms with Gasteiger partial charge in [-0.15, -0.1) is 0 Å². The average Bonchev–Trinajstić information content (AvgIpc) is 3.44. The molecule has 3 aromatic heterocycles. The molecule has 1 N–H and O–H groups in total. The quantitative estimate of drug-likeness (QED) is 0.580. The normalized spacial score (nSPS) is 17.1. The highest BCUT2D eigenvalue weighted by Gasteiger charge is 2.34. The van der Waals surface area contributed by atoms with Gasteiger partial charge in [-0.2, -0.15) is 10.1 Å². The van der Waals surface area contributed by atoms with Crippen LogP contribution in [0.4, 0.5) is 0 Å². The fraction of sp³-hybridized carbons (Fsp3) is 0.381. The lowest BCUT2D eigenvalue weighted by molar-refractivity contribution is 0.0724. The third kappa shape index (κ3) is 2.86. The van der Waals surface area contributed by atoms with E-state index in [9.17, 15) is 4.79 Å². The van der Waals surface area contributed by atoms with Crippen molar-refractivity contribution in [2.45, 2.75) is 45.6 Å². The summed E-state index contributed by atoms with van der Waals surface area (Å²) in [5.74, 6) is 1.40. The maximum Gasteiger partial charge on any atom is 0.273 e. The molecular formula is C21H23N7O. The third-order valence-electron chi connectivity index (χ3n) is 5.65. The second-order valence-electron chi connectivity index (χ2n) is 7.94. The van der Waals surface area contributed by atoms with Crippen molar-refractivity contribution in [2.24, 2.45) is 0 Å². The van der Waals surface area contributed by atoms with Crippen molar-refractivity contribution in [3.05, 3.63) is 53.4 Å². The van der Waals surface area contributed by atoms with Crippen molar-refractivity contribution in [1.82, 2.24) is 34.4 Å². The molecule has 4 aromatic rings. The van der Waals surface area contributed by atoms with Crippen LogP contribution >= 0.6 is 0 Å². The van der Waals surface area contributed by atoms with E-state index in [2.05, 4.69) is 46.9 Å².